The molecule has 0 aliphatic carbocycles. The largest absolute Gasteiger partial charge is 0.391 e. The summed E-state index contributed by atoms with van der Waals surface area (Å²) in [6, 6.07) is 2.31. The van der Waals surface area contributed by atoms with E-state index in [0.717, 1.165) is 6.07 Å². The molecule has 0 heterocycles. The predicted octanol–water partition coefficient (Wildman–Crippen LogP) is 2.07. The Morgan fingerprint density at radius 1 is 1.39 bits per heavy atom. The molecule has 1 aromatic carbocycles. The molecule has 0 aliphatic rings. The van der Waals surface area contributed by atoms with Gasteiger partial charge in [0.15, 0.2) is 0 Å². The number of amides is 1. The minimum atomic E-state index is -1.02. The molecule has 3 nitrogen and oxygen atoms in total. The van der Waals surface area contributed by atoms with Crippen LogP contribution in [0.25, 0.3) is 0 Å². The first-order chi connectivity index (χ1) is 8.16. The lowest BCUT2D eigenvalue weighted by atomic mass is 10.0. The summed E-state index contributed by atoms with van der Waals surface area (Å²) in [7, 11) is 0. The highest BCUT2D eigenvalue weighted by molar-refractivity contribution is 7.80. The Kier molecular flexibility index (Phi) is 4.01. The van der Waals surface area contributed by atoms with E-state index in [9.17, 15) is 13.6 Å². The van der Waals surface area contributed by atoms with Gasteiger partial charge >= 0.3 is 0 Å². The molecule has 0 saturated carbocycles. The van der Waals surface area contributed by atoms with E-state index in [4.69, 9.17) is 18.0 Å². The van der Waals surface area contributed by atoms with E-state index >= 15 is 0 Å². The minimum Gasteiger partial charge on any atom is -0.391 e. The maximum atomic E-state index is 13.7. The lowest BCUT2D eigenvalue weighted by molar-refractivity contribution is 0.0923. The Morgan fingerprint density at radius 2 is 1.94 bits per heavy atom. The lowest BCUT2D eigenvalue weighted by Crippen LogP contribution is -2.52. The van der Waals surface area contributed by atoms with Crippen LogP contribution in [0.1, 0.15) is 29.8 Å². The molecular formula is C12H14F2N2OS. The molecule has 0 saturated heterocycles. The number of carbonyl (C=O) groups is 1. The highest BCUT2D eigenvalue weighted by Gasteiger charge is 2.27. The number of nitrogens with two attached hydrogens (primary N) is 1. The van der Waals surface area contributed by atoms with E-state index in [1.165, 1.54) is 13.0 Å². The summed E-state index contributed by atoms with van der Waals surface area (Å²) in [6.07, 6.45) is 0. The normalized spacial score (nSPS) is 11.2. The number of nitrogens with one attached hydrogen (secondary N) is 1. The van der Waals surface area contributed by atoms with Crippen LogP contribution in [0.4, 0.5) is 8.78 Å². The maximum absolute atomic E-state index is 13.7. The van der Waals surface area contributed by atoms with Gasteiger partial charge in [-0.25, -0.2) is 8.78 Å². The average Bonchev–Trinajstić information content (AvgIpc) is 2.23. The Morgan fingerprint density at radius 3 is 2.44 bits per heavy atom. The summed E-state index contributed by atoms with van der Waals surface area (Å²) in [5, 5.41) is 2.40. The first-order valence-corrected chi connectivity index (χ1v) is 5.64. The third-order valence-corrected chi connectivity index (χ3v) is 3.06. The van der Waals surface area contributed by atoms with Crippen molar-refractivity contribution in [2.24, 2.45) is 5.73 Å². The average molecular weight is 272 g/mol. The van der Waals surface area contributed by atoms with Gasteiger partial charge in [0.2, 0.25) is 0 Å². The molecule has 0 fully saturated rings. The molecule has 98 valence electrons. The number of thiocarbonyl (C=S) groups is 1. The molecule has 0 aliphatic heterocycles. The second-order valence-corrected chi connectivity index (χ2v) is 4.94. The minimum absolute atomic E-state index is 0.0318. The summed E-state index contributed by atoms with van der Waals surface area (Å²) in [4.78, 5) is 11.9. The molecule has 18 heavy (non-hydrogen) atoms. The van der Waals surface area contributed by atoms with Crippen molar-refractivity contribution in [3.05, 3.63) is 34.9 Å². The molecule has 0 bridgehead atoms. The molecule has 1 amide bonds. The molecule has 1 rings (SSSR count). The van der Waals surface area contributed by atoms with Gasteiger partial charge in [0.05, 0.1) is 10.5 Å². The predicted molar refractivity (Wildman–Crippen MR) is 69.4 cm³/mol. The van der Waals surface area contributed by atoms with Gasteiger partial charge in [0.25, 0.3) is 5.91 Å². The number of hydrogen-bond donors (Lipinski definition) is 2. The van der Waals surface area contributed by atoms with Crippen LogP contribution in [0.15, 0.2) is 12.1 Å². The van der Waals surface area contributed by atoms with Crippen molar-refractivity contribution in [2.75, 3.05) is 0 Å². The Bertz CT molecular complexity index is 515. The molecule has 0 radical (unpaired) electrons. The molecule has 0 atom stereocenters. The van der Waals surface area contributed by atoms with Crippen molar-refractivity contribution < 1.29 is 13.6 Å². The second-order valence-electron chi connectivity index (χ2n) is 4.50. The van der Waals surface area contributed by atoms with Crippen LogP contribution < -0.4 is 11.1 Å². The van der Waals surface area contributed by atoms with Gasteiger partial charge < -0.3 is 11.1 Å². The fourth-order valence-corrected chi connectivity index (χ4v) is 1.32. The highest BCUT2D eigenvalue weighted by atomic mass is 32.1. The zero-order chi connectivity index (χ0) is 14.1. The van der Waals surface area contributed by atoms with E-state index < -0.39 is 28.6 Å². The molecule has 0 aromatic heterocycles. The van der Waals surface area contributed by atoms with Gasteiger partial charge in [-0.3, -0.25) is 4.79 Å². The molecule has 0 unspecified atom stereocenters. The topological polar surface area (TPSA) is 55.1 Å². The van der Waals surface area contributed by atoms with Crippen LogP contribution in [0.3, 0.4) is 0 Å². The maximum Gasteiger partial charge on any atom is 0.258 e. The Balaban J connectivity index is 3.13. The van der Waals surface area contributed by atoms with Crippen LogP contribution in [-0.4, -0.2) is 16.4 Å². The van der Waals surface area contributed by atoms with Crippen LogP contribution >= 0.6 is 12.2 Å². The standard InChI is InChI=1S/C12H14F2N2OS/c1-6-4-5-7(13)8(9(6)14)10(17)16-12(2,3)11(15)18/h4-5H,1-3H3,(H2,15,18)(H,16,17). The number of halogens is 2. The number of rotatable bonds is 3. The van der Waals surface area contributed by atoms with Crippen LogP contribution in [0, 0.1) is 18.6 Å². The van der Waals surface area contributed by atoms with Crippen molar-refractivity contribution in [2.45, 2.75) is 26.3 Å². The van der Waals surface area contributed by atoms with Crippen molar-refractivity contribution in [1.29, 1.82) is 0 Å². The third-order valence-electron chi connectivity index (χ3n) is 2.55. The van der Waals surface area contributed by atoms with E-state index in [0.29, 0.717) is 0 Å². The van der Waals surface area contributed by atoms with Crippen LogP contribution in [0.5, 0.6) is 0 Å². The third kappa shape index (κ3) is 2.81. The summed E-state index contributed by atoms with van der Waals surface area (Å²) < 4.78 is 27.2. The van der Waals surface area contributed by atoms with Gasteiger partial charge in [-0.2, -0.15) is 0 Å². The van der Waals surface area contributed by atoms with E-state index in [2.05, 4.69) is 5.32 Å². The van der Waals surface area contributed by atoms with Gasteiger partial charge in [0.1, 0.15) is 17.2 Å². The second kappa shape index (κ2) is 4.97. The number of hydrogen-bond acceptors (Lipinski definition) is 2. The quantitative estimate of drug-likeness (QED) is 0.828. The van der Waals surface area contributed by atoms with Crippen LogP contribution in [-0.2, 0) is 0 Å². The highest BCUT2D eigenvalue weighted by Crippen LogP contribution is 2.17. The van der Waals surface area contributed by atoms with E-state index in [1.54, 1.807) is 13.8 Å². The molecule has 6 heteroatoms. The van der Waals surface area contributed by atoms with Crippen molar-refractivity contribution in [3.8, 4) is 0 Å². The lowest BCUT2D eigenvalue weighted by Gasteiger charge is -2.25. The summed E-state index contributed by atoms with van der Waals surface area (Å²) in [6.45, 7) is 4.56. The Labute approximate surface area is 109 Å². The fourth-order valence-electron chi connectivity index (χ4n) is 1.27. The molecule has 3 N–H and O–H groups in total. The van der Waals surface area contributed by atoms with Crippen LogP contribution in [0.2, 0.25) is 0 Å². The van der Waals surface area contributed by atoms with E-state index in [-0.39, 0.29) is 10.6 Å². The zero-order valence-corrected chi connectivity index (χ0v) is 11.1. The van der Waals surface area contributed by atoms with Crippen molar-refractivity contribution in [1.82, 2.24) is 5.32 Å². The van der Waals surface area contributed by atoms with Gasteiger partial charge in [-0.05, 0) is 32.4 Å². The smallest absolute Gasteiger partial charge is 0.258 e. The molecule has 0 spiro atoms. The zero-order valence-electron chi connectivity index (χ0n) is 10.3. The molecule has 1 aromatic rings. The van der Waals surface area contributed by atoms with Gasteiger partial charge in [-0.15, -0.1) is 0 Å². The SMILES string of the molecule is Cc1ccc(F)c(C(=O)NC(C)(C)C(N)=S)c1F. The summed E-state index contributed by atoms with van der Waals surface area (Å²) >= 11 is 4.77. The van der Waals surface area contributed by atoms with Gasteiger partial charge in [0, 0.05) is 0 Å². The monoisotopic (exact) mass is 272 g/mol. The number of aryl methyl sites for hydroxylation is 1. The first kappa shape index (κ1) is 14.5. The number of carbonyl (C=O) groups excluding carboxylic acids is 1. The number of benzene rings is 1. The summed E-state index contributed by atoms with van der Waals surface area (Å²) in [5.41, 5.74) is 3.98. The molecular weight excluding hydrogens is 258 g/mol. The van der Waals surface area contributed by atoms with Crippen molar-refractivity contribution >= 4 is 23.1 Å². The summed E-state index contributed by atoms with van der Waals surface area (Å²) in [5.74, 6) is -2.69. The Hall–Kier alpha value is -1.56. The fraction of sp³-hybridized carbons (Fsp3) is 0.333. The van der Waals surface area contributed by atoms with Gasteiger partial charge in [-0.1, -0.05) is 18.3 Å². The van der Waals surface area contributed by atoms with Crippen molar-refractivity contribution in [3.63, 3.8) is 0 Å². The van der Waals surface area contributed by atoms with E-state index in [1.807, 2.05) is 0 Å². The first-order valence-electron chi connectivity index (χ1n) is 5.24.